The summed E-state index contributed by atoms with van der Waals surface area (Å²) in [5.41, 5.74) is 2.93. The van der Waals surface area contributed by atoms with E-state index in [9.17, 15) is 4.79 Å². The quantitative estimate of drug-likeness (QED) is 0.453. The molecule has 2 rings (SSSR count). The third-order valence-electron chi connectivity index (χ3n) is 4.31. The summed E-state index contributed by atoms with van der Waals surface area (Å²) in [6, 6.07) is 13.0. The summed E-state index contributed by atoms with van der Waals surface area (Å²) in [7, 11) is 0. The van der Waals surface area contributed by atoms with E-state index in [1.807, 2.05) is 6.07 Å². The van der Waals surface area contributed by atoms with E-state index in [0.717, 1.165) is 11.3 Å². The standard InChI is InChI=1S/C23H29ClO3/c1-22(2,3)17-9-12-20(19(15-17)23(4,5)6)26-13-14-27-21(25)16-7-10-18(24)11-8-16/h7-12,15H,13-14H2,1-6H3. The maximum Gasteiger partial charge on any atom is 0.338 e. The number of ether oxygens (including phenoxy) is 2. The third kappa shape index (κ3) is 6.00. The molecule has 27 heavy (non-hydrogen) atoms. The van der Waals surface area contributed by atoms with E-state index in [1.165, 1.54) is 5.56 Å². The van der Waals surface area contributed by atoms with Crippen molar-refractivity contribution in [1.29, 1.82) is 0 Å². The van der Waals surface area contributed by atoms with Crippen molar-refractivity contribution in [2.75, 3.05) is 13.2 Å². The van der Waals surface area contributed by atoms with Gasteiger partial charge in [-0.2, -0.15) is 0 Å². The second-order valence-electron chi connectivity index (χ2n) is 8.70. The lowest BCUT2D eigenvalue weighted by Crippen LogP contribution is -2.19. The Kier molecular flexibility index (Phi) is 6.59. The van der Waals surface area contributed by atoms with Crippen LogP contribution in [0.3, 0.4) is 0 Å². The number of benzene rings is 2. The molecule has 0 aliphatic rings. The number of carbonyl (C=O) groups is 1. The average Bonchev–Trinajstić information content (AvgIpc) is 2.57. The van der Waals surface area contributed by atoms with Crippen molar-refractivity contribution >= 4 is 17.6 Å². The zero-order chi connectivity index (χ0) is 20.2. The lowest BCUT2D eigenvalue weighted by molar-refractivity contribution is 0.0449. The van der Waals surface area contributed by atoms with Crippen molar-refractivity contribution in [3.63, 3.8) is 0 Å². The van der Waals surface area contributed by atoms with Gasteiger partial charge < -0.3 is 9.47 Å². The fourth-order valence-electron chi connectivity index (χ4n) is 2.66. The predicted octanol–water partition coefficient (Wildman–Crippen LogP) is 6.17. The maximum absolute atomic E-state index is 12.0. The molecule has 0 amide bonds. The van der Waals surface area contributed by atoms with E-state index in [4.69, 9.17) is 21.1 Å². The van der Waals surface area contributed by atoms with Gasteiger partial charge in [0.05, 0.1) is 5.56 Å². The summed E-state index contributed by atoms with van der Waals surface area (Å²) in [6.45, 7) is 13.6. The van der Waals surface area contributed by atoms with Gasteiger partial charge in [0, 0.05) is 5.02 Å². The van der Waals surface area contributed by atoms with Crippen molar-refractivity contribution in [3.05, 3.63) is 64.2 Å². The fraction of sp³-hybridized carbons (Fsp3) is 0.435. The number of hydrogen-bond acceptors (Lipinski definition) is 3. The molecule has 0 bridgehead atoms. The van der Waals surface area contributed by atoms with Crippen molar-refractivity contribution in [2.24, 2.45) is 0 Å². The summed E-state index contributed by atoms with van der Waals surface area (Å²) >= 11 is 5.83. The van der Waals surface area contributed by atoms with Crippen LogP contribution in [0.2, 0.25) is 5.02 Å². The Morgan fingerprint density at radius 1 is 0.889 bits per heavy atom. The summed E-state index contributed by atoms with van der Waals surface area (Å²) in [6.07, 6.45) is 0. The van der Waals surface area contributed by atoms with Crippen LogP contribution < -0.4 is 4.74 Å². The Morgan fingerprint density at radius 3 is 2.07 bits per heavy atom. The van der Waals surface area contributed by atoms with Crippen molar-refractivity contribution in [2.45, 2.75) is 52.4 Å². The molecule has 2 aromatic carbocycles. The van der Waals surface area contributed by atoms with E-state index < -0.39 is 0 Å². The largest absolute Gasteiger partial charge is 0.490 e. The lowest BCUT2D eigenvalue weighted by atomic mass is 9.80. The molecule has 2 aromatic rings. The molecule has 0 N–H and O–H groups in total. The van der Waals surface area contributed by atoms with Gasteiger partial charge in [-0.15, -0.1) is 0 Å². The normalized spacial score (nSPS) is 12.0. The molecule has 0 radical (unpaired) electrons. The minimum atomic E-state index is -0.380. The molecule has 4 heteroatoms. The maximum atomic E-state index is 12.0. The van der Waals surface area contributed by atoms with Crippen LogP contribution in [-0.4, -0.2) is 19.2 Å². The number of rotatable bonds is 5. The van der Waals surface area contributed by atoms with Gasteiger partial charge in [0.2, 0.25) is 0 Å². The van der Waals surface area contributed by atoms with Crippen LogP contribution in [0.15, 0.2) is 42.5 Å². The highest BCUT2D eigenvalue weighted by Gasteiger charge is 2.23. The van der Waals surface area contributed by atoms with Gasteiger partial charge in [-0.3, -0.25) is 0 Å². The van der Waals surface area contributed by atoms with Gasteiger partial charge >= 0.3 is 5.97 Å². The van der Waals surface area contributed by atoms with E-state index in [1.54, 1.807) is 24.3 Å². The molecule has 0 atom stereocenters. The first kappa shape index (κ1) is 21.3. The molecule has 3 nitrogen and oxygen atoms in total. The van der Waals surface area contributed by atoms with Gasteiger partial charge in [0.1, 0.15) is 19.0 Å². The van der Waals surface area contributed by atoms with Crippen LogP contribution in [0, 0.1) is 0 Å². The van der Waals surface area contributed by atoms with Crippen molar-refractivity contribution in [1.82, 2.24) is 0 Å². The van der Waals surface area contributed by atoms with Crippen LogP contribution in [0.5, 0.6) is 5.75 Å². The molecule has 0 saturated carbocycles. The molecule has 0 aromatic heterocycles. The van der Waals surface area contributed by atoms with Gasteiger partial charge in [-0.05, 0) is 52.3 Å². The fourth-order valence-corrected chi connectivity index (χ4v) is 2.79. The van der Waals surface area contributed by atoms with Gasteiger partial charge in [0.15, 0.2) is 0 Å². The molecule has 146 valence electrons. The van der Waals surface area contributed by atoms with E-state index in [0.29, 0.717) is 17.2 Å². The first-order chi connectivity index (χ1) is 12.5. The number of esters is 1. The second-order valence-corrected chi connectivity index (χ2v) is 9.14. The minimum Gasteiger partial charge on any atom is -0.490 e. The summed E-state index contributed by atoms with van der Waals surface area (Å²) in [5.74, 6) is 0.451. The predicted molar refractivity (Wildman–Crippen MR) is 111 cm³/mol. The van der Waals surface area contributed by atoms with Crippen LogP contribution in [0.4, 0.5) is 0 Å². The smallest absolute Gasteiger partial charge is 0.338 e. The first-order valence-electron chi connectivity index (χ1n) is 9.19. The lowest BCUT2D eigenvalue weighted by Gasteiger charge is -2.27. The zero-order valence-electron chi connectivity index (χ0n) is 17.1. The molecule has 0 aliphatic carbocycles. The molecule has 0 saturated heterocycles. The minimum absolute atomic E-state index is 0.0451. The molecule has 0 heterocycles. The van der Waals surface area contributed by atoms with Crippen LogP contribution >= 0.6 is 11.6 Å². The van der Waals surface area contributed by atoms with Gasteiger partial charge in [0.25, 0.3) is 0 Å². The van der Waals surface area contributed by atoms with Crippen LogP contribution in [0.1, 0.15) is 63.0 Å². The number of hydrogen-bond donors (Lipinski definition) is 0. The second kappa shape index (κ2) is 8.35. The number of halogens is 1. The first-order valence-corrected chi connectivity index (χ1v) is 9.57. The highest BCUT2D eigenvalue weighted by Crippen LogP contribution is 2.35. The zero-order valence-corrected chi connectivity index (χ0v) is 17.8. The topological polar surface area (TPSA) is 35.5 Å². The van der Waals surface area contributed by atoms with E-state index in [2.05, 4.69) is 53.7 Å². The van der Waals surface area contributed by atoms with Crippen LogP contribution in [-0.2, 0) is 15.6 Å². The molecular formula is C23H29ClO3. The molecule has 0 spiro atoms. The Labute approximate surface area is 167 Å². The monoisotopic (exact) mass is 388 g/mol. The van der Waals surface area contributed by atoms with Gasteiger partial charge in [-0.25, -0.2) is 4.79 Å². The Balaban J connectivity index is 2.01. The molecule has 0 unspecified atom stereocenters. The highest BCUT2D eigenvalue weighted by atomic mass is 35.5. The van der Waals surface area contributed by atoms with Crippen LogP contribution in [0.25, 0.3) is 0 Å². The van der Waals surface area contributed by atoms with E-state index in [-0.39, 0.29) is 23.4 Å². The van der Waals surface area contributed by atoms with Crippen molar-refractivity contribution in [3.8, 4) is 5.75 Å². The molecular weight excluding hydrogens is 360 g/mol. The average molecular weight is 389 g/mol. The van der Waals surface area contributed by atoms with E-state index >= 15 is 0 Å². The Morgan fingerprint density at radius 2 is 1.52 bits per heavy atom. The summed E-state index contributed by atoms with van der Waals surface area (Å²) in [5, 5.41) is 0.586. The third-order valence-corrected chi connectivity index (χ3v) is 4.56. The summed E-state index contributed by atoms with van der Waals surface area (Å²) in [4.78, 5) is 12.0. The highest BCUT2D eigenvalue weighted by molar-refractivity contribution is 6.30. The Bertz CT molecular complexity index is 781. The number of carbonyl (C=O) groups excluding carboxylic acids is 1. The molecule has 0 aliphatic heterocycles. The molecule has 0 fully saturated rings. The SMILES string of the molecule is CC(C)(C)c1ccc(OCCOC(=O)c2ccc(Cl)cc2)c(C(C)(C)C)c1. The van der Waals surface area contributed by atoms with Crippen molar-refractivity contribution < 1.29 is 14.3 Å². The van der Waals surface area contributed by atoms with Gasteiger partial charge in [-0.1, -0.05) is 65.3 Å². The Hall–Kier alpha value is -2.00. The summed E-state index contributed by atoms with van der Waals surface area (Å²) < 4.78 is 11.2.